The van der Waals surface area contributed by atoms with Gasteiger partial charge in [-0.3, -0.25) is 4.79 Å². The predicted octanol–water partition coefficient (Wildman–Crippen LogP) is 3.55. The van der Waals surface area contributed by atoms with Crippen LogP contribution in [0.25, 0.3) is 0 Å². The van der Waals surface area contributed by atoms with Crippen LogP contribution in [-0.2, 0) is 14.8 Å². The van der Waals surface area contributed by atoms with Crippen LogP contribution in [0, 0.1) is 13.8 Å². The van der Waals surface area contributed by atoms with Crippen molar-refractivity contribution in [2.45, 2.75) is 38.5 Å². The predicted molar refractivity (Wildman–Crippen MR) is 117 cm³/mol. The zero-order valence-electron chi connectivity index (χ0n) is 17.3. The third-order valence-corrected chi connectivity index (χ3v) is 7.12. The van der Waals surface area contributed by atoms with Gasteiger partial charge in [-0.25, -0.2) is 8.42 Å². The molecule has 1 amide bonds. The van der Waals surface area contributed by atoms with E-state index in [2.05, 4.69) is 11.4 Å². The Kier molecular flexibility index (Phi) is 6.59. The number of amides is 1. The summed E-state index contributed by atoms with van der Waals surface area (Å²) in [5, 5.41) is 2.85. The molecular formula is C22H29N3O3S. The van der Waals surface area contributed by atoms with Crippen molar-refractivity contribution >= 4 is 27.3 Å². The Hall–Kier alpha value is -2.38. The molecule has 2 aromatic rings. The quantitative estimate of drug-likeness (QED) is 0.751. The van der Waals surface area contributed by atoms with E-state index < -0.39 is 10.0 Å². The van der Waals surface area contributed by atoms with Gasteiger partial charge in [0.2, 0.25) is 15.9 Å². The minimum absolute atomic E-state index is 0.178. The number of nitrogens with one attached hydrogen (secondary N) is 1. The smallest absolute Gasteiger partial charge is 0.243 e. The minimum atomic E-state index is -3.51. The first-order valence-corrected chi connectivity index (χ1v) is 11.5. The summed E-state index contributed by atoms with van der Waals surface area (Å²) in [6.45, 7) is 8.10. The second-order valence-electron chi connectivity index (χ2n) is 7.49. The van der Waals surface area contributed by atoms with E-state index in [0.29, 0.717) is 25.3 Å². The molecule has 0 aromatic heterocycles. The number of carbonyl (C=O) groups excluding carboxylic acids is 1. The first-order chi connectivity index (χ1) is 13.8. The van der Waals surface area contributed by atoms with Crippen LogP contribution in [0.15, 0.2) is 47.4 Å². The summed E-state index contributed by atoms with van der Waals surface area (Å²) in [6, 6.07) is 12.7. The van der Waals surface area contributed by atoms with E-state index in [9.17, 15) is 13.2 Å². The number of nitrogens with zero attached hydrogens (tertiary/aromatic N) is 2. The van der Waals surface area contributed by atoms with Gasteiger partial charge in [-0.15, -0.1) is 0 Å². The van der Waals surface area contributed by atoms with Gasteiger partial charge in [0, 0.05) is 31.0 Å². The van der Waals surface area contributed by atoms with Gasteiger partial charge >= 0.3 is 0 Å². The molecule has 1 aliphatic rings. The average Bonchev–Trinajstić information content (AvgIpc) is 3.22. The van der Waals surface area contributed by atoms with E-state index >= 15 is 0 Å². The lowest BCUT2D eigenvalue weighted by atomic mass is 10.1. The molecule has 1 N–H and O–H groups in total. The van der Waals surface area contributed by atoms with Crippen molar-refractivity contribution < 1.29 is 13.2 Å². The molecule has 2 aromatic carbocycles. The van der Waals surface area contributed by atoms with E-state index in [1.165, 1.54) is 9.87 Å². The van der Waals surface area contributed by atoms with Crippen molar-refractivity contribution in [2.75, 3.05) is 36.4 Å². The number of anilines is 2. The fourth-order valence-electron chi connectivity index (χ4n) is 3.71. The fourth-order valence-corrected chi connectivity index (χ4v) is 5.28. The molecular weight excluding hydrogens is 386 g/mol. The topological polar surface area (TPSA) is 69.7 Å². The van der Waals surface area contributed by atoms with Gasteiger partial charge in [0.15, 0.2) is 0 Å². The summed E-state index contributed by atoms with van der Waals surface area (Å²) in [6.07, 6.45) is 1.78. The highest BCUT2D eigenvalue weighted by Gasteiger charge is 2.27. The average molecular weight is 416 g/mol. The van der Waals surface area contributed by atoms with Gasteiger partial charge in [0.25, 0.3) is 0 Å². The molecule has 1 saturated heterocycles. The van der Waals surface area contributed by atoms with Crippen LogP contribution < -0.4 is 10.2 Å². The van der Waals surface area contributed by atoms with E-state index in [4.69, 9.17) is 0 Å². The Morgan fingerprint density at radius 1 is 1.10 bits per heavy atom. The molecule has 1 heterocycles. The maximum Gasteiger partial charge on any atom is 0.243 e. The Labute approximate surface area is 173 Å². The molecule has 0 atom stereocenters. The number of hydrogen-bond acceptors (Lipinski definition) is 4. The summed E-state index contributed by atoms with van der Waals surface area (Å²) >= 11 is 0. The normalized spacial score (nSPS) is 14.7. The number of benzene rings is 2. The van der Waals surface area contributed by atoms with Crippen molar-refractivity contribution in [3.63, 3.8) is 0 Å². The van der Waals surface area contributed by atoms with Crippen LogP contribution in [0.3, 0.4) is 0 Å². The summed E-state index contributed by atoms with van der Waals surface area (Å²) in [5.41, 5.74) is 3.83. The molecule has 156 valence electrons. The molecule has 6 nitrogen and oxygen atoms in total. The van der Waals surface area contributed by atoms with Gasteiger partial charge in [0.1, 0.15) is 0 Å². The third-order valence-electron chi connectivity index (χ3n) is 5.23. The molecule has 1 fully saturated rings. The number of rotatable bonds is 7. The molecule has 1 aliphatic heterocycles. The van der Waals surface area contributed by atoms with E-state index in [1.807, 2.05) is 37.8 Å². The van der Waals surface area contributed by atoms with Crippen molar-refractivity contribution in [3.8, 4) is 0 Å². The Bertz CT molecular complexity index is 983. The lowest BCUT2D eigenvalue weighted by Crippen LogP contribution is -2.33. The van der Waals surface area contributed by atoms with E-state index in [1.54, 1.807) is 24.3 Å². The Morgan fingerprint density at radius 2 is 1.83 bits per heavy atom. The van der Waals surface area contributed by atoms with Gasteiger partial charge in [-0.2, -0.15) is 4.31 Å². The largest absolute Gasteiger partial charge is 0.362 e. The molecule has 0 aliphatic carbocycles. The van der Waals surface area contributed by atoms with Crippen LogP contribution in [0.2, 0.25) is 0 Å². The summed E-state index contributed by atoms with van der Waals surface area (Å²) in [7, 11) is -3.51. The summed E-state index contributed by atoms with van der Waals surface area (Å²) in [4.78, 5) is 14.9. The van der Waals surface area contributed by atoms with Crippen LogP contribution in [0.4, 0.5) is 11.4 Å². The van der Waals surface area contributed by atoms with Crippen LogP contribution >= 0.6 is 0 Å². The van der Waals surface area contributed by atoms with Crippen LogP contribution in [-0.4, -0.2) is 44.8 Å². The molecule has 29 heavy (non-hydrogen) atoms. The maximum atomic E-state index is 12.8. The summed E-state index contributed by atoms with van der Waals surface area (Å²) < 4.78 is 27.0. The first kappa shape index (κ1) is 21.3. The molecule has 0 saturated carbocycles. The lowest BCUT2D eigenvalue weighted by molar-refractivity contribution is -0.115. The third kappa shape index (κ3) is 4.97. The lowest BCUT2D eigenvalue weighted by Gasteiger charge is -2.24. The number of hydrogen-bond donors (Lipinski definition) is 1. The van der Waals surface area contributed by atoms with Crippen molar-refractivity contribution in [1.82, 2.24) is 4.31 Å². The van der Waals surface area contributed by atoms with Gasteiger partial charge in [0.05, 0.1) is 11.4 Å². The van der Waals surface area contributed by atoms with Crippen LogP contribution in [0.5, 0.6) is 0 Å². The zero-order valence-corrected chi connectivity index (χ0v) is 18.1. The number of aryl methyl sites for hydroxylation is 2. The van der Waals surface area contributed by atoms with E-state index in [0.717, 1.165) is 24.1 Å². The number of carbonyl (C=O) groups is 1. The molecule has 0 bridgehead atoms. The molecule has 0 radical (unpaired) electrons. The Balaban J connectivity index is 1.72. The van der Waals surface area contributed by atoms with Crippen molar-refractivity contribution in [1.29, 1.82) is 0 Å². The molecule has 7 heteroatoms. The zero-order chi connectivity index (χ0) is 21.0. The first-order valence-electron chi connectivity index (χ1n) is 10.0. The van der Waals surface area contributed by atoms with E-state index in [-0.39, 0.29) is 17.3 Å². The van der Waals surface area contributed by atoms with Gasteiger partial charge in [-0.1, -0.05) is 23.8 Å². The number of likely N-dealkylation sites (N-methyl/N-ethyl adjacent to an activating group) is 1. The number of sulfonamides is 1. The minimum Gasteiger partial charge on any atom is -0.362 e. The van der Waals surface area contributed by atoms with Crippen molar-refractivity contribution in [2.24, 2.45) is 0 Å². The highest BCUT2D eigenvalue weighted by atomic mass is 32.2. The molecule has 3 rings (SSSR count). The standard InChI is InChI=1S/C22H29N3O3S/c1-4-24(21-11-10-17(2)14-18(21)3)16-22(26)23-19-8-7-9-20(15-19)29(27,28)25-12-5-6-13-25/h7-11,14-15H,4-6,12-13,16H2,1-3H3,(H,23,26). The summed E-state index contributed by atoms with van der Waals surface area (Å²) in [5.74, 6) is -0.178. The second kappa shape index (κ2) is 8.97. The van der Waals surface area contributed by atoms with Gasteiger partial charge in [-0.05, 0) is 63.4 Å². The molecule has 0 spiro atoms. The van der Waals surface area contributed by atoms with Crippen LogP contribution in [0.1, 0.15) is 30.9 Å². The van der Waals surface area contributed by atoms with Gasteiger partial charge < -0.3 is 10.2 Å². The van der Waals surface area contributed by atoms with Crippen molar-refractivity contribution in [3.05, 3.63) is 53.6 Å². The Morgan fingerprint density at radius 3 is 2.48 bits per heavy atom. The molecule has 0 unspecified atom stereocenters. The highest BCUT2D eigenvalue weighted by molar-refractivity contribution is 7.89. The monoisotopic (exact) mass is 415 g/mol. The second-order valence-corrected chi connectivity index (χ2v) is 9.43. The fraction of sp³-hybridized carbons (Fsp3) is 0.409. The maximum absolute atomic E-state index is 12.8. The highest BCUT2D eigenvalue weighted by Crippen LogP contribution is 2.24. The SMILES string of the molecule is CCN(CC(=O)Nc1cccc(S(=O)(=O)N2CCCC2)c1)c1ccc(C)cc1C.